The van der Waals surface area contributed by atoms with Gasteiger partial charge in [-0.1, -0.05) is 95.2 Å². The summed E-state index contributed by atoms with van der Waals surface area (Å²) in [6.45, 7) is 2.25. The highest BCUT2D eigenvalue weighted by Crippen LogP contribution is 2.36. The Balaban J connectivity index is 1.43. The van der Waals surface area contributed by atoms with E-state index in [-0.39, 0.29) is 17.7 Å². The van der Waals surface area contributed by atoms with Gasteiger partial charge in [-0.15, -0.1) is 0 Å². The molecule has 0 fully saturated rings. The molecule has 1 aliphatic rings. The molecule has 1 aromatic heterocycles. The minimum absolute atomic E-state index is 0.173. The van der Waals surface area contributed by atoms with E-state index in [1.54, 1.807) is 30.7 Å². The number of benzene rings is 4. The lowest BCUT2D eigenvalue weighted by molar-refractivity contribution is -0.138. The van der Waals surface area contributed by atoms with E-state index >= 15 is 0 Å². The number of ether oxygens (including phenoxy) is 3. The van der Waals surface area contributed by atoms with Crippen LogP contribution in [-0.4, -0.2) is 24.3 Å². The number of halogens is 2. The molecule has 0 aliphatic carbocycles. The number of esters is 1. The van der Waals surface area contributed by atoms with Gasteiger partial charge in [-0.25, -0.2) is 9.79 Å². The topological polar surface area (TPSA) is 79.1 Å². The Morgan fingerprint density at radius 1 is 0.935 bits per heavy atom. The average molecular weight is 672 g/mol. The number of nitrogens with zero attached hydrogens (tertiary/aromatic N) is 2. The van der Waals surface area contributed by atoms with Crippen LogP contribution < -0.4 is 24.4 Å². The maximum absolute atomic E-state index is 14.1. The summed E-state index contributed by atoms with van der Waals surface area (Å²) in [5.74, 6) is 0.723. The van der Waals surface area contributed by atoms with Crippen molar-refractivity contribution in [1.29, 1.82) is 0 Å². The molecule has 0 bridgehead atoms. The number of hydrogen-bond acceptors (Lipinski definition) is 7. The highest BCUT2D eigenvalue weighted by Gasteiger charge is 2.35. The van der Waals surface area contributed by atoms with Crippen LogP contribution in [0.5, 0.6) is 11.5 Å². The minimum atomic E-state index is -0.792. The molecule has 2 heterocycles. The molecule has 6 rings (SSSR count). The van der Waals surface area contributed by atoms with Crippen molar-refractivity contribution in [3.05, 3.63) is 155 Å². The van der Waals surface area contributed by atoms with Crippen LogP contribution in [0, 0.1) is 0 Å². The lowest BCUT2D eigenvalue weighted by Gasteiger charge is -2.26. The molecule has 0 N–H and O–H groups in total. The molecule has 1 atom stereocenters. The van der Waals surface area contributed by atoms with Gasteiger partial charge in [-0.05, 0) is 66.1 Å². The van der Waals surface area contributed by atoms with Gasteiger partial charge in [0.05, 0.1) is 45.6 Å². The molecule has 0 unspecified atom stereocenters. The first kappa shape index (κ1) is 31.4. The Labute approximate surface area is 279 Å². The zero-order valence-electron chi connectivity index (χ0n) is 24.9. The van der Waals surface area contributed by atoms with E-state index in [0.717, 1.165) is 16.7 Å². The van der Waals surface area contributed by atoms with Gasteiger partial charge in [0.15, 0.2) is 4.80 Å². The summed E-state index contributed by atoms with van der Waals surface area (Å²) in [7, 11) is 1.58. The summed E-state index contributed by atoms with van der Waals surface area (Å²) >= 11 is 13.4. The number of aromatic nitrogens is 1. The van der Waals surface area contributed by atoms with Gasteiger partial charge in [0.1, 0.15) is 18.1 Å². The SMILES string of the molecule is CCOC(=O)C1=C(c2ccccc2)N=c2s/c(=C/c3ccc(OCc4ccc(Cl)c(Cl)c4)cc3)c(=O)n2[C@@H]1c1cccc(OC)c1. The van der Waals surface area contributed by atoms with E-state index in [1.165, 1.54) is 11.3 Å². The van der Waals surface area contributed by atoms with Crippen LogP contribution in [0.25, 0.3) is 11.8 Å². The number of methoxy groups -OCH3 is 1. The largest absolute Gasteiger partial charge is 0.497 e. The van der Waals surface area contributed by atoms with Crippen LogP contribution in [0.2, 0.25) is 10.0 Å². The van der Waals surface area contributed by atoms with Crippen LogP contribution in [0.1, 0.15) is 35.2 Å². The highest BCUT2D eigenvalue weighted by atomic mass is 35.5. The summed E-state index contributed by atoms with van der Waals surface area (Å²) in [6, 6.07) is 28.8. The third kappa shape index (κ3) is 6.51. The number of fused-ring (bicyclic) bond motifs is 1. The first-order valence-corrected chi connectivity index (χ1v) is 16.0. The van der Waals surface area contributed by atoms with Gasteiger partial charge in [-0.3, -0.25) is 9.36 Å². The van der Waals surface area contributed by atoms with E-state index in [4.69, 9.17) is 42.4 Å². The standard InChI is InChI=1S/C36H28Cl2N2O5S/c1-3-44-35(42)31-32(24-8-5-4-6-9-24)39-36-40(33(31)25-10-7-11-27(20-25)43-2)34(41)30(46-36)19-22-12-15-26(16-13-22)45-21-23-14-17-28(37)29(38)18-23/h4-20,33H,3,21H2,1-2H3/b30-19+/t33-/m1/s1. The summed E-state index contributed by atoms with van der Waals surface area (Å²) in [6.07, 6.45) is 1.81. The van der Waals surface area contributed by atoms with Crippen molar-refractivity contribution < 1.29 is 19.0 Å². The molecular weight excluding hydrogens is 643 g/mol. The van der Waals surface area contributed by atoms with Gasteiger partial charge in [-0.2, -0.15) is 0 Å². The van der Waals surface area contributed by atoms with Crippen LogP contribution >= 0.6 is 34.5 Å². The molecule has 0 radical (unpaired) electrons. The second-order valence-corrected chi connectivity index (χ2v) is 12.1. The highest BCUT2D eigenvalue weighted by molar-refractivity contribution is 7.07. The smallest absolute Gasteiger partial charge is 0.338 e. The predicted octanol–water partition coefficient (Wildman–Crippen LogP) is 6.83. The van der Waals surface area contributed by atoms with Crippen molar-refractivity contribution in [2.75, 3.05) is 13.7 Å². The van der Waals surface area contributed by atoms with Gasteiger partial charge in [0.2, 0.25) is 0 Å². The molecule has 10 heteroatoms. The molecule has 0 saturated heterocycles. The number of rotatable bonds is 9. The first-order chi connectivity index (χ1) is 22.4. The van der Waals surface area contributed by atoms with Gasteiger partial charge < -0.3 is 14.2 Å². The maximum Gasteiger partial charge on any atom is 0.338 e. The van der Waals surface area contributed by atoms with Gasteiger partial charge in [0, 0.05) is 5.56 Å². The lowest BCUT2D eigenvalue weighted by atomic mass is 9.93. The monoisotopic (exact) mass is 670 g/mol. The fraction of sp³-hybridized carbons (Fsp3) is 0.139. The zero-order valence-corrected chi connectivity index (χ0v) is 27.2. The van der Waals surface area contributed by atoms with Crippen molar-refractivity contribution in [3.63, 3.8) is 0 Å². The molecular formula is C36H28Cl2N2O5S. The first-order valence-electron chi connectivity index (χ1n) is 14.5. The van der Waals surface area contributed by atoms with Crippen molar-refractivity contribution in [1.82, 2.24) is 4.57 Å². The van der Waals surface area contributed by atoms with E-state index in [1.807, 2.05) is 91.0 Å². The third-order valence-electron chi connectivity index (χ3n) is 7.35. The van der Waals surface area contributed by atoms with E-state index in [0.29, 0.717) is 48.7 Å². The normalized spacial score (nSPS) is 14.4. The average Bonchev–Trinajstić information content (AvgIpc) is 3.39. The molecule has 46 heavy (non-hydrogen) atoms. The fourth-order valence-corrected chi connectivity index (χ4v) is 6.50. The Hall–Kier alpha value is -4.63. The van der Waals surface area contributed by atoms with Crippen molar-refractivity contribution in [2.45, 2.75) is 19.6 Å². The molecule has 4 aromatic carbocycles. The lowest BCUT2D eigenvalue weighted by Crippen LogP contribution is -2.40. The molecule has 0 spiro atoms. The molecule has 7 nitrogen and oxygen atoms in total. The van der Waals surface area contributed by atoms with E-state index in [9.17, 15) is 9.59 Å². The quantitative estimate of drug-likeness (QED) is 0.161. The fourth-order valence-electron chi connectivity index (χ4n) is 5.18. The molecule has 0 amide bonds. The molecule has 1 aliphatic heterocycles. The third-order valence-corrected chi connectivity index (χ3v) is 9.07. The van der Waals surface area contributed by atoms with Crippen molar-refractivity contribution in [2.24, 2.45) is 4.99 Å². The van der Waals surface area contributed by atoms with Crippen molar-refractivity contribution >= 4 is 52.3 Å². The summed E-state index contributed by atoms with van der Waals surface area (Å²) < 4.78 is 19.0. The van der Waals surface area contributed by atoms with E-state index < -0.39 is 12.0 Å². The van der Waals surface area contributed by atoms with E-state index in [2.05, 4.69) is 0 Å². The second-order valence-electron chi connectivity index (χ2n) is 10.3. The maximum atomic E-state index is 14.1. The Morgan fingerprint density at radius 2 is 1.72 bits per heavy atom. The number of hydrogen-bond donors (Lipinski definition) is 0. The summed E-state index contributed by atoms with van der Waals surface area (Å²) in [5.41, 5.74) is 3.60. The second kappa shape index (κ2) is 13.8. The van der Waals surface area contributed by atoms with Crippen LogP contribution in [0.4, 0.5) is 0 Å². The summed E-state index contributed by atoms with van der Waals surface area (Å²) in [5, 5.41) is 0.960. The Bertz CT molecular complexity index is 2120. The van der Waals surface area contributed by atoms with Crippen LogP contribution in [0.3, 0.4) is 0 Å². The minimum Gasteiger partial charge on any atom is -0.497 e. The van der Waals surface area contributed by atoms with Gasteiger partial charge >= 0.3 is 5.97 Å². The molecule has 0 saturated carbocycles. The summed E-state index contributed by atoms with van der Waals surface area (Å²) in [4.78, 5) is 33.1. The number of carbonyl (C=O) groups excluding carboxylic acids is 1. The van der Waals surface area contributed by atoms with Crippen molar-refractivity contribution in [3.8, 4) is 11.5 Å². The van der Waals surface area contributed by atoms with Crippen LogP contribution in [-0.2, 0) is 16.1 Å². The number of thiazole rings is 1. The predicted molar refractivity (Wildman–Crippen MR) is 181 cm³/mol. The Morgan fingerprint density at radius 3 is 2.43 bits per heavy atom. The van der Waals surface area contributed by atoms with Crippen LogP contribution in [0.15, 0.2) is 112 Å². The molecule has 232 valence electrons. The Kier molecular flexibility index (Phi) is 9.40. The van der Waals surface area contributed by atoms with Gasteiger partial charge in [0.25, 0.3) is 5.56 Å². The molecule has 5 aromatic rings. The zero-order chi connectivity index (χ0) is 32.2. The number of carbonyl (C=O) groups is 1.